The molecule has 2 rings (SSSR count). The summed E-state index contributed by atoms with van der Waals surface area (Å²) in [5.41, 5.74) is 7.73. The first-order valence-corrected chi connectivity index (χ1v) is 8.10. The van der Waals surface area contributed by atoms with Gasteiger partial charge in [-0.3, -0.25) is 4.79 Å². The van der Waals surface area contributed by atoms with Crippen LogP contribution in [0.5, 0.6) is 5.75 Å². The van der Waals surface area contributed by atoms with Gasteiger partial charge in [0.1, 0.15) is 12.4 Å². The van der Waals surface area contributed by atoms with Crippen LogP contribution in [0.4, 0.5) is 11.4 Å². The van der Waals surface area contributed by atoms with Crippen LogP contribution in [0.25, 0.3) is 0 Å². The lowest BCUT2D eigenvalue weighted by molar-refractivity contribution is -0.115. The summed E-state index contributed by atoms with van der Waals surface area (Å²) in [6, 6.07) is 12.3. The number of nitrogens with one attached hydrogen (secondary N) is 1. The molecule has 0 aromatic heterocycles. The summed E-state index contributed by atoms with van der Waals surface area (Å²) in [7, 11) is 0. The highest BCUT2D eigenvalue weighted by Crippen LogP contribution is 2.28. The Kier molecular flexibility index (Phi) is 6.90. The molecule has 3 N–H and O–H groups in total. The van der Waals surface area contributed by atoms with Crippen molar-refractivity contribution < 1.29 is 14.3 Å². The molecule has 0 saturated heterocycles. The van der Waals surface area contributed by atoms with Gasteiger partial charge >= 0.3 is 0 Å². The Balaban J connectivity index is 2.00. The number of carbonyl (C=O) groups is 1. The molecule has 0 spiro atoms. The van der Waals surface area contributed by atoms with E-state index in [1.807, 2.05) is 19.1 Å². The number of ether oxygens (including phenoxy) is 2. The zero-order valence-corrected chi connectivity index (χ0v) is 14.3. The molecule has 0 atom stereocenters. The molecule has 0 heterocycles. The highest BCUT2D eigenvalue weighted by molar-refractivity contribution is 6.31. The molecule has 24 heavy (non-hydrogen) atoms. The Labute approximate surface area is 146 Å². The van der Waals surface area contributed by atoms with Gasteiger partial charge in [0.15, 0.2) is 0 Å². The average Bonchev–Trinajstić information content (AvgIpc) is 2.55. The fourth-order valence-electron chi connectivity index (χ4n) is 2.10. The molecule has 6 heteroatoms. The predicted molar refractivity (Wildman–Crippen MR) is 96.6 cm³/mol. The maximum atomic E-state index is 12.2. The highest BCUT2D eigenvalue weighted by Gasteiger charge is 2.10. The minimum atomic E-state index is -0.156. The number of carbonyl (C=O) groups excluding carboxylic acids is 1. The summed E-state index contributed by atoms with van der Waals surface area (Å²) in [6.07, 6.45) is 0.241. The topological polar surface area (TPSA) is 73.6 Å². The second-order valence-electron chi connectivity index (χ2n) is 5.15. The third-order valence-corrected chi connectivity index (χ3v) is 3.48. The van der Waals surface area contributed by atoms with Gasteiger partial charge in [-0.15, -0.1) is 0 Å². The average molecular weight is 349 g/mol. The molecule has 0 fully saturated rings. The summed E-state index contributed by atoms with van der Waals surface area (Å²) in [5, 5.41) is 3.36. The van der Waals surface area contributed by atoms with Gasteiger partial charge in [-0.05, 0) is 42.8 Å². The second-order valence-corrected chi connectivity index (χ2v) is 5.59. The van der Waals surface area contributed by atoms with Crippen LogP contribution >= 0.6 is 11.6 Å². The Morgan fingerprint density at radius 1 is 1.17 bits per heavy atom. The molecule has 0 aliphatic rings. The van der Waals surface area contributed by atoms with E-state index in [0.29, 0.717) is 42.0 Å². The predicted octanol–water partition coefficient (Wildman–Crippen LogP) is 3.52. The van der Waals surface area contributed by atoms with Crippen LogP contribution in [0.1, 0.15) is 12.5 Å². The molecule has 5 nitrogen and oxygen atoms in total. The SMILES string of the molecule is CCOCCOc1ccc(Cl)cc1NC(=O)Cc1ccc(N)cc1. The monoisotopic (exact) mass is 348 g/mol. The van der Waals surface area contributed by atoms with Gasteiger partial charge in [0.05, 0.1) is 18.7 Å². The third kappa shape index (κ3) is 5.76. The summed E-state index contributed by atoms with van der Waals surface area (Å²) in [6.45, 7) is 3.44. The molecule has 0 saturated carbocycles. The fourth-order valence-corrected chi connectivity index (χ4v) is 2.27. The molecule has 1 amide bonds. The van der Waals surface area contributed by atoms with Crippen molar-refractivity contribution in [1.82, 2.24) is 0 Å². The van der Waals surface area contributed by atoms with E-state index >= 15 is 0 Å². The maximum Gasteiger partial charge on any atom is 0.228 e. The van der Waals surface area contributed by atoms with Gasteiger partial charge in [-0.1, -0.05) is 23.7 Å². The van der Waals surface area contributed by atoms with Gasteiger partial charge in [0.25, 0.3) is 0 Å². The van der Waals surface area contributed by atoms with Crippen molar-refractivity contribution in [2.75, 3.05) is 30.9 Å². The standard InChI is InChI=1S/C18H21ClN2O3/c1-2-23-9-10-24-17-8-5-14(19)12-16(17)21-18(22)11-13-3-6-15(20)7-4-13/h3-8,12H,2,9-11,20H2,1H3,(H,21,22). The number of halogens is 1. The van der Waals surface area contributed by atoms with Crippen LogP contribution in [-0.4, -0.2) is 25.7 Å². The van der Waals surface area contributed by atoms with Crippen molar-refractivity contribution in [2.45, 2.75) is 13.3 Å². The zero-order chi connectivity index (χ0) is 17.4. The number of hydrogen-bond donors (Lipinski definition) is 2. The molecular formula is C18H21ClN2O3. The van der Waals surface area contributed by atoms with Crippen molar-refractivity contribution in [3.05, 3.63) is 53.1 Å². The van der Waals surface area contributed by atoms with Crippen LogP contribution < -0.4 is 15.8 Å². The van der Waals surface area contributed by atoms with E-state index in [4.69, 9.17) is 26.8 Å². The Hall–Kier alpha value is -2.24. The number of hydrogen-bond acceptors (Lipinski definition) is 4. The van der Waals surface area contributed by atoms with E-state index in [9.17, 15) is 4.79 Å². The molecule has 128 valence electrons. The Bertz CT molecular complexity index is 674. The zero-order valence-electron chi connectivity index (χ0n) is 13.5. The summed E-state index contributed by atoms with van der Waals surface area (Å²) in [4.78, 5) is 12.2. The van der Waals surface area contributed by atoms with Crippen LogP contribution in [0.3, 0.4) is 0 Å². The first-order chi connectivity index (χ1) is 11.6. The minimum absolute atomic E-state index is 0.156. The van der Waals surface area contributed by atoms with E-state index in [2.05, 4.69) is 5.32 Å². The quantitative estimate of drug-likeness (QED) is 0.565. The van der Waals surface area contributed by atoms with E-state index in [1.165, 1.54) is 0 Å². The number of amides is 1. The van der Waals surface area contributed by atoms with Gasteiger partial charge < -0.3 is 20.5 Å². The number of rotatable bonds is 8. The van der Waals surface area contributed by atoms with Gasteiger partial charge in [-0.25, -0.2) is 0 Å². The van der Waals surface area contributed by atoms with E-state index in [1.54, 1.807) is 30.3 Å². The van der Waals surface area contributed by atoms with Crippen LogP contribution in [0.15, 0.2) is 42.5 Å². The maximum absolute atomic E-state index is 12.2. The van der Waals surface area contributed by atoms with E-state index in [-0.39, 0.29) is 12.3 Å². The largest absolute Gasteiger partial charge is 0.489 e. The van der Waals surface area contributed by atoms with Crippen molar-refractivity contribution in [1.29, 1.82) is 0 Å². The lowest BCUT2D eigenvalue weighted by Crippen LogP contribution is -2.16. The van der Waals surface area contributed by atoms with E-state index in [0.717, 1.165) is 5.56 Å². The Morgan fingerprint density at radius 3 is 2.62 bits per heavy atom. The summed E-state index contributed by atoms with van der Waals surface area (Å²) < 4.78 is 10.9. The molecule has 2 aromatic rings. The van der Waals surface area contributed by atoms with Crippen LogP contribution in [0.2, 0.25) is 5.02 Å². The normalized spacial score (nSPS) is 10.4. The van der Waals surface area contributed by atoms with E-state index < -0.39 is 0 Å². The molecule has 0 radical (unpaired) electrons. The lowest BCUT2D eigenvalue weighted by Gasteiger charge is -2.13. The van der Waals surface area contributed by atoms with Crippen LogP contribution in [0, 0.1) is 0 Å². The first-order valence-electron chi connectivity index (χ1n) is 7.73. The van der Waals surface area contributed by atoms with Crippen molar-refractivity contribution >= 4 is 28.9 Å². The van der Waals surface area contributed by atoms with Gasteiger partial charge in [0.2, 0.25) is 5.91 Å². The smallest absolute Gasteiger partial charge is 0.228 e. The molecule has 0 aliphatic carbocycles. The molecule has 0 aliphatic heterocycles. The molecule has 0 unspecified atom stereocenters. The molecule has 2 aromatic carbocycles. The van der Waals surface area contributed by atoms with Gasteiger partial charge in [-0.2, -0.15) is 0 Å². The lowest BCUT2D eigenvalue weighted by atomic mass is 10.1. The Morgan fingerprint density at radius 2 is 1.92 bits per heavy atom. The van der Waals surface area contributed by atoms with Crippen molar-refractivity contribution in [3.8, 4) is 5.75 Å². The number of benzene rings is 2. The highest BCUT2D eigenvalue weighted by atomic mass is 35.5. The summed E-state index contributed by atoms with van der Waals surface area (Å²) in [5.74, 6) is 0.404. The van der Waals surface area contributed by atoms with Crippen molar-refractivity contribution in [3.63, 3.8) is 0 Å². The number of nitrogen functional groups attached to an aromatic ring is 1. The second kappa shape index (κ2) is 9.15. The van der Waals surface area contributed by atoms with Gasteiger partial charge in [0, 0.05) is 17.3 Å². The first kappa shape index (κ1) is 18.1. The van der Waals surface area contributed by atoms with Crippen LogP contribution in [-0.2, 0) is 16.0 Å². The minimum Gasteiger partial charge on any atom is -0.489 e. The number of anilines is 2. The molecule has 0 bridgehead atoms. The fraction of sp³-hybridized carbons (Fsp3) is 0.278. The number of nitrogens with two attached hydrogens (primary N) is 1. The molecular weight excluding hydrogens is 328 g/mol. The summed E-state index contributed by atoms with van der Waals surface area (Å²) >= 11 is 6.02. The third-order valence-electron chi connectivity index (χ3n) is 3.25. The van der Waals surface area contributed by atoms with Crippen molar-refractivity contribution in [2.24, 2.45) is 0 Å².